The second-order valence-corrected chi connectivity index (χ2v) is 5.34. The number of carbonyl (C=O) groups excluding carboxylic acids is 1. The Morgan fingerprint density at radius 1 is 1.14 bits per heavy atom. The summed E-state index contributed by atoms with van der Waals surface area (Å²) in [5.74, 6) is -7.94. The molecule has 114 valence electrons. The zero-order chi connectivity index (χ0) is 15.7. The van der Waals surface area contributed by atoms with E-state index in [9.17, 15) is 22.8 Å². The molecule has 1 saturated carbocycles. The topological polar surface area (TPSA) is 66.4 Å². The van der Waals surface area contributed by atoms with E-state index in [4.69, 9.17) is 5.11 Å². The van der Waals surface area contributed by atoms with Crippen LogP contribution in [0.2, 0.25) is 0 Å². The van der Waals surface area contributed by atoms with Crippen LogP contribution in [-0.2, 0) is 9.59 Å². The van der Waals surface area contributed by atoms with Gasteiger partial charge in [0.2, 0.25) is 5.91 Å². The lowest BCUT2D eigenvalue weighted by atomic mass is 9.95. The Balaban J connectivity index is 2.18. The number of aliphatic carboxylic acids is 1. The third-order valence-electron chi connectivity index (χ3n) is 3.75. The molecule has 0 bridgehead atoms. The standard InChI is InChI=1S/C14H14F3NO3/c1-6-4-7(8(5-6)14(20)21)13(19)18-10-3-2-9(15)11(16)12(10)17/h2-3,6-8H,4-5H2,1H3,(H,18,19)(H,20,21)/t6?,7-,8+/m0/s1. The fourth-order valence-corrected chi connectivity index (χ4v) is 2.70. The third kappa shape index (κ3) is 3.01. The molecule has 0 aliphatic heterocycles. The molecule has 0 saturated heterocycles. The summed E-state index contributed by atoms with van der Waals surface area (Å²) in [6, 6.07) is 1.60. The van der Waals surface area contributed by atoms with Gasteiger partial charge < -0.3 is 10.4 Å². The molecule has 1 aromatic carbocycles. The number of hydrogen-bond acceptors (Lipinski definition) is 2. The van der Waals surface area contributed by atoms with Crippen molar-refractivity contribution >= 4 is 17.6 Å². The van der Waals surface area contributed by atoms with E-state index in [1.807, 2.05) is 6.92 Å². The van der Waals surface area contributed by atoms with E-state index in [-0.39, 0.29) is 5.92 Å². The summed E-state index contributed by atoms with van der Waals surface area (Å²) in [4.78, 5) is 23.2. The number of amides is 1. The molecule has 1 unspecified atom stereocenters. The van der Waals surface area contributed by atoms with Gasteiger partial charge in [0.05, 0.1) is 17.5 Å². The van der Waals surface area contributed by atoms with Crippen LogP contribution in [0.25, 0.3) is 0 Å². The van der Waals surface area contributed by atoms with Gasteiger partial charge in [0, 0.05) is 0 Å². The van der Waals surface area contributed by atoms with E-state index in [0.29, 0.717) is 18.9 Å². The number of nitrogens with one attached hydrogen (secondary N) is 1. The first-order valence-corrected chi connectivity index (χ1v) is 6.48. The number of benzene rings is 1. The van der Waals surface area contributed by atoms with Gasteiger partial charge in [-0.2, -0.15) is 0 Å². The Morgan fingerprint density at radius 2 is 1.76 bits per heavy atom. The van der Waals surface area contributed by atoms with Crippen molar-refractivity contribution < 1.29 is 27.9 Å². The molecule has 0 aromatic heterocycles. The number of carboxylic acid groups (broad SMARTS) is 1. The smallest absolute Gasteiger partial charge is 0.307 e. The van der Waals surface area contributed by atoms with Crippen molar-refractivity contribution in [2.75, 3.05) is 5.32 Å². The highest BCUT2D eigenvalue weighted by Crippen LogP contribution is 2.37. The van der Waals surface area contributed by atoms with E-state index in [2.05, 4.69) is 5.32 Å². The molecule has 2 rings (SSSR count). The molecule has 0 heterocycles. The van der Waals surface area contributed by atoms with E-state index < -0.39 is 46.9 Å². The maximum Gasteiger partial charge on any atom is 0.307 e. The molecule has 21 heavy (non-hydrogen) atoms. The summed E-state index contributed by atoms with van der Waals surface area (Å²) >= 11 is 0. The highest BCUT2D eigenvalue weighted by Gasteiger charge is 2.41. The molecular formula is C14H14F3NO3. The van der Waals surface area contributed by atoms with Crippen molar-refractivity contribution in [3.05, 3.63) is 29.6 Å². The minimum atomic E-state index is -1.68. The summed E-state index contributed by atoms with van der Waals surface area (Å²) < 4.78 is 39.4. The van der Waals surface area contributed by atoms with Crippen LogP contribution >= 0.6 is 0 Å². The number of hydrogen-bond donors (Lipinski definition) is 2. The van der Waals surface area contributed by atoms with Gasteiger partial charge in [0.1, 0.15) is 0 Å². The van der Waals surface area contributed by atoms with Gasteiger partial charge in [-0.25, -0.2) is 13.2 Å². The molecule has 1 fully saturated rings. The minimum Gasteiger partial charge on any atom is -0.481 e. The number of anilines is 1. The molecule has 3 atom stereocenters. The van der Waals surface area contributed by atoms with Crippen LogP contribution in [0.5, 0.6) is 0 Å². The van der Waals surface area contributed by atoms with E-state index in [0.717, 1.165) is 6.07 Å². The molecule has 1 amide bonds. The van der Waals surface area contributed by atoms with Crippen molar-refractivity contribution in [1.82, 2.24) is 0 Å². The summed E-state index contributed by atoms with van der Waals surface area (Å²) in [5.41, 5.74) is -0.498. The van der Waals surface area contributed by atoms with Crippen molar-refractivity contribution in [3.8, 4) is 0 Å². The first-order valence-electron chi connectivity index (χ1n) is 6.48. The van der Waals surface area contributed by atoms with Crippen LogP contribution in [0.15, 0.2) is 12.1 Å². The van der Waals surface area contributed by atoms with E-state index in [1.54, 1.807) is 0 Å². The van der Waals surface area contributed by atoms with Crippen LogP contribution < -0.4 is 5.32 Å². The third-order valence-corrected chi connectivity index (χ3v) is 3.75. The SMILES string of the molecule is CC1C[C@H](C(=O)Nc2ccc(F)c(F)c2F)[C@H](C(=O)O)C1. The molecule has 1 aliphatic rings. The average molecular weight is 301 g/mol. The molecule has 4 nitrogen and oxygen atoms in total. The van der Waals surface area contributed by atoms with Gasteiger partial charge in [-0.3, -0.25) is 9.59 Å². The largest absolute Gasteiger partial charge is 0.481 e. The van der Waals surface area contributed by atoms with Gasteiger partial charge >= 0.3 is 5.97 Å². The molecular weight excluding hydrogens is 287 g/mol. The Bertz CT molecular complexity index is 591. The fourth-order valence-electron chi connectivity index (χ4n) is 2.70. The van der Waals surface area contributed by atoms with Gasteiger partial charge in [0.15, 0.2) is 17.5 Å². The van der Waals surface area contributed by atoms with Crippen LogP contribution in [-0.4, -0.2) is 17.0 Å². The summed E-state index contributed by atoms with van der Waals surface area (Å²) in [6.45, 7) is 1.82. The van der Waals surface area contributed by atoms with Crippen LogP contribution in [0.3, 0.4) is 0 Å². The second kappa shape index (κ2) is 5.75. The van der Waals surface area contributed by atoms with Gasteiger partial charge in [-0.15, -0.1) is 0 Å². The predicted octanol–water partition coefficient (Wildman–Crippen LogP) is 2.79. The van der Waals surface area contributed by atoms with Crippen LogP contribution in [0.4, 0.5) is 18.9 Å². The lowest BCUT2D eigenvalue weighted by Gasteiger charge is -2.16. The normalized spacial score (nSPS) is 24.9. The quantitative estimate of drug-likeness (QED) is 0.844. The van der Waals surface area contributed by atoms with Gasteiger partial charge in [-0.05, 0) is 30.9 Å². The van der Waals surface area contributed by atoms with E-state index in [1.165, 1.54) is 0 Å². The minimum absolute atomic E-state index is 0.0525. The Labute approximate surface area is 119 Å². The lowest BCUT2D eigenvalue weighted by Crippen LogP contribution is -2.30. The van der Waals surface area contributed by atoms with Crippen molar-refractivity contribution in [2.24, 2.45) is 17.8 Å². The molecule has 2 N–H and O–H groups in total. The number of halogens is 3. The molecule has 1 aliphatic carbocycles. The lowest BCUT2D eigenvalue weighted by molar-refractivity contribution is -0.145. The molecule has 7 heteroatoms. The number of rotatable bonds is 3. The van der Waals surface area contributed by atoms with Gasteiger partial charge in [-0.1, -0.05) is 6.92 Å². The summed E-state index contributed by atoms with van der Waals surface area (Å²) in [6.07, 6.45) is 0.710. The second-order valence-electron chi connectivity index (χ2n) is 5.34. The highest BCUT2D eigenvalue weighted by atomic mass is 19.2. The number of carboxylic acids is 1. The zero-order valence-electron chi connectivity index (χ0n) is 11.2. The Hall–Kier alpha value is -2.05. The summed E-state index contributed by atoms with van der Waals surface area (Å²) in [7, 11) is 0. The maximum absolute atomic E-state index is 13.5. The van der Waals surface area contributed by atoms with Crippen molar-refractivity contribution in [2.45, 2.75) is 19.8 Å². The van der Waals surface area contributed by atoms with E-state index >= 15 is 0 Å². The summed E-state index contributed by atoms with van der Waals surface area (Å²) in [5, 5.41) is 11.2. The molecule has 1 aromatic rings. The van der Waals surface area contributed by atoms with Crippen molar-refractivity contribution in [1.29, 1.82) is 0 Å². The first kappa shape index (κ1) is 15.3. The van der Waals surface area contributed by atoms with Crippen molar-refractivity contribution in [3.63, 3.8) is 0 Å². The maximum atomic E-state index is 13.5. The predicted molar refractivity (Wildman–Crippen MR) is 68.0 cm³/mol. The average Bonchev–Trinajstić information content (AvgIpc) is 2.82. The first-order chi connectivity index (χ1) is 9.81. The van der Waals surface area contributed by atoms with Crippen LogP contribution in [0, 0.1) is 35.2 Å². The highest BCUT2D eigenvalue weighted by molar-refractivity contribution is 5.95. The molecule has 0 spiro atoms. The molecule has 0 radical (unpaired) electrons. The zero-order valence-corrected chi connectivity index (χ0v) is 11.2. The van der Waals surface area contributed by atoms with Crippen LogP contribution in [0.1, 0.15) is 19.8 Å². The Kier molecular flexibility index (Phi) is 4.20. The monoisotopic (exact) mass is 301 g/mol. The van der Waals surface area contributed by atoms with Gasteiger partial charge in [0.25, 0.3) is 0 Å². The Morgan fingerprint density at radius 3 is 2.38 bits per heavy atom. The number of carbonyl (C=O) groups is 2. The fraction of sp³-hybridized carbons (Fsp3) is 0.429.